The van der Waals surface area contributed by atoms with Gasteiger partial charge in [-0.2, -0.15) is 0 Å². The van der Waals surface area contributed by atoms with Gasteiger partial charge in [0.1, 0.15) is 4.60 Å². The Hall–Kier alpha value is -0.680. The number of aromatic nitrogens is 2. The summed E-state index contributed by atoms with van der Waals surface area (Å²) in [6, 6.07) is 1.84. The molecule has 0 amide bonds. The molecule has 0 radical (unpaired) electrons. The highest BCUT2D eigenvalue weighted by molar-refractivity contribution is 9.10. The van der Waals surface area contributed by atoms with Gasteiger partial charge in [0.2, 0.25) is 5.95 Å². The van der Waals surface area contributed by atoms with Crippen molar-refractivity contribution in [3.05, 3.63) is 16.9 Å². The van der Waals surface area contributed by atoms with E-state index in [1.54, 1.807) is 6.20 Å². The van der Waals surface area contributed by atoms with Crippen molar-refractivity contribution in [1.29, 1.82) is 0 Å². The van der Waals surface area contributed by atoms with E-state index in [9.17, 15) is 0 Å². The fourth-order valence-corrected chi connectivity index (χ4v) is 2.02. The van der Waals surface area contributed by atoms with Gasteiger partial charge in [-0.15, -0.1) is 0 Å². The molecular formula is C11H16BrN3O. The normalized spacial score (nSPS) is 21.5. The van der Waals surface area contributed by atoms with Gasteiger partial charge < -0.3 is 9.64 Å². The van der Waals surface area contributed by atoms with Crippen molar-refractivity contribution in [1.82, 2.24) is 9.97 Å². The Morgan fingerprint density at radius 1 is 1.56 bits per heavy atom. The highest BCUT2D eigenvalue weighted by Gasteiger charge is 2.24. The summed E-state index contributed by atoms with van der Waals surface area (Å²) in [7, 11) is 0. The molecule has 1 saturated heterocycles. The molecule has 4 nitrogen and oxygen atoms in total. The maximum Gasteiger partial charge on any atom is 0.226 e. The Kier molecular flexibility index (Phi) is 3.76. The molecule has 1 aromatic heterocycles. The Bertz CT molecular complexity index is 359. The summed E-state index contributed by atoms with van der Waals surface area (Å²) in [5.41, 5.74) is 0. The van der Waals surface area contributed by atoms with Crippen molar-refractivity contribution in [2.45, 2.75) is 20.0 Å². The summed E-state index contributed by atoms with van der Waals surface area (Å²) >= 11 is 3.36. The lowest BCUT2D eigenvalue weighted by Crippen LogP contribution is -2.45. The molecule has 0 aromatic carbocycles. The van der Waals surface area contributed by atoms with Crippen LogP contribution in [0.25, 0.3) is 0 Å². The van der Waals surface area contributed by atoms with Gasteiger partial charge in [-0.1, -0.05) is 13.8 Å². The molecule has 1 fully saturated rings. The van der Waals surface area contributed by atoms with Gasteiger partial charge in [0.25, 0.3) is 0 Å². The number of anilines is 1. The van der Waals surface area contributed by atoms with E-state index in [-0.39, 0.29) is 6.10 Å². The third-order valence-corrected chi connectivity index (χ3v) is 3.17. The zero-order valence-electron chi connectivity index (χ0n) is 9.56. The molecule has 1 aromatic rings. The first-order valence-electron chi connectivity index (χ1n) is 5.52. The van der Waals surface area contributed by atoms with Crippen LogP contribution in [-0.4, -0.2) is 35.8 Å². The minimum absolute atomic E-state index is 0.274. The van der Waals surface area contributed by atoms with Crippen LogP contribution in [-0.2, 0) is 4.74 Å². The zero-order chi connectivity index (χ0) is 11.5. The summed E-state index contributed by atoms with van der Waals surface area (Å²) in [4.78, 5) is 10.8. The van der Waals surface area contributed by atoms with Crippen molar-refractivity contribution < 1.29 is 4.74 Å². The van der Waals surface area contributed by atoms with E-state index < -0.39 is 0 Å². The molecular weight excluding hydrogens is 270 g/mol. The first kappa shape index (κ1) is 11.8. The van der Waals surface area contributed by atoms with Gasteiger partial charge in [0.15, 0.2) is 0 Å². The average molecular weight is 286 g/mol. The molecule has 0 spiro atoms. The lowest BCUT2D eigenvalue weighted by Gasteiger charge is -2.34. The predicted octanol–water partition coefficient (Wildman–Crippen LogP) is 2.10. The van der Waals surface area contributed by atoms with Crippen LogP contribution in [0.5, 0.6) is 0 Å². The van der Waals surface area contributed by atoms with E-state index in [1.807, 2.05) is 6.07 Å². The molecule has 0 saturated carbocycles. The number of hydrogen-bond acceptors (Lipinski definition) is 4. The molecule has 1 unspecified atom stereocenters. The second kappa shape index (κ2) is 5.10. The van der Waals surface area contributed by atoms with Gasteiger partial charge in [0.05, 0.1) is 12.7 Å². The van der Waals surface area contributed by atoms with Crippen molar-refractivity contribution >= 4 is 21.9 Å². The second-order valence-electron chi connectivity index (χ2n) is 4.28. The quantitative estimate of drug-likeness (QED) is 0.780. The smallest absolute Gasteiger partial charge is 0.226 e. The summed E-state index contributed by atoms with van der Waals surface area (Å²) < 4.78 is 6.54. The Labute approximate surface area is 104 Å². The lowest BCUT2D eigenvalue weighted by molar-refractivity contribution is 0.0109. The van der Waals surface area contributed by atoms with E-state index in [2.05, 4.69) is 44.6 Å². The molecule has 5 heteroatoms. The number of nitrogens with zero attached hydrogens (tertiary/aromatic N) is 3. The van der Waals surface area contributed by atoms with E-state index in [1.165, 1.54) is 0 Å². The van der Waals surface area contributed by atoms with Gasteiger partial charge >= 0.3 is 0 Å². The Balaban J connectivity index is 2.09. The maximum atomic E-state index is 5.71. The Morgan fingerprint density at radius 3 is 3.06 bits per heavy atom. The van der Waals surface area contributed by atoms with Gasteiger partial charge in [-0.05, 0) is 27.9 Å². The van der Waals surface area contributed by atoms with Crippen LogP contribution >= 0.6 is 15.9 Å². The largest absolute Gasteiger partial charge is 0.374 e. The highest BCUT2D eigenvalue weighted by atomic mass is 79.9. The molecule has 16 heavy (non-hydrogen) atoms. The zero-order valence-corrected chi connectivity index (χ0v) is 11.1. The minimum atomic E-state index is 0.274. The summed E-state index contributed by atoms with van der Waals surface area (Å²) in [6.45, 7) is 6.83. The predicted molar refractivity (Wildman–Crippen MR) is 66.5 cm³/mol. The third-order valence-electron chi connectivity index (χ3n) is 2.73. The standard InChI is InChI=1S/C11H16BrN3O/c1-8(2)9-7-15(5-6-16-9)11-13-4-3-10(12)14-11/h3-4,8-9H,5-7H2,1-2H3. The van der Waals surface area contributed by atoms with Crippen LogP contribution < -0.4 is 4.90 Å². The molecule has 2 heterocycles. The van der Waals surface area contributed by atoms with E-state index in [0.717, 1.165) is 30.2 Å². The van der Waals surface area contributed by atoms with Gasteiger partial charge in [-0.25, -0.2) is 9.97 Å². The number of rotatable bonds is 2. The van der Waals surface area contributed by atoms with E-state index in [4.69, 9.17) is 4.74 Å². The van der Waals surface area contributed by atoms with Crippen LogP contribution in [0, 0.1) is 5.92 Å². The molecule has 0 aliphatic carbocycles. The molecule has 1 aliphatic rings. The average Bonchev–Trinajstić information content (AvgIpc) is 2.29. The van der Waals surface area contributed by atoms with E-state index in [0.29, 0.717) is 5.92 Å². The van der Waals surface area contributed by atoms with Gasteiger partial charge in [0, 0.05) is 19.3 Å². The summed E-state index contributed by atoms with van der Waals surface area (Å²) in [5.74, 6) is 1.30. The lowest BCUT2D eigenvalue weighted by atomic mass is 10.1. The monoisotopic (exact) mass is 285 g/mol. The first-order chi connectivity index (χ1) is 7.66. The molecule has 2 rings (SSSR count). The number of halogens is 1. The van der Waals surface area contributed by atoms with Crippen molar-refractivity contribution in [3.63, 3.8) is 0 Å². The maximum absolute atomic E-state index is 5.71. The van der Waals surface area contributed by atoms with Crippen LogP contribution in [0.2, 0.25) is 0 Å². The molecule has 0 bridgehead atoms. The van der Waals surface area contributed by atoms with Crippen LogP contribution in [0.3, 0.4) is 0 Å². The molecule has 1 atom stereocenters. The fourth-order valence-electron chi connectivity index (χ4n) is 1.74. The van der Waals surface area contributed by atoms with Crippen LogP contribution in [0.15, 0.2) is 16.9 Å². The second-order valence-corrected chi connectivity index (χ2v) is 5.09. The van der Waals surface area contributed by atoms with Crippen LogP contribution in [0.4, 0.5) is 5.95 Å². The van der Waals surface area contributed by atoms with Crippen LogP contribution in [0.1, 0.15) is 13.8 Å². The molecule has 1 aliphatic heterocycles. The summed E-state index contributed by atoms with van der Waals surface area (Å²) in [5, 5.41) is 0. The van der Waals surface area contributed by atoms with Crippen molar-refractivity contribution in [2.75, 3.05) is 24.6 Å². The van der Waals surface area contributed by atoms with Crippen molar-refractivity contribution in [2.24, 2.45) is 5.92 Å². The molecule has 88 valence electrons. The first-order valence-corrected chi connectivity index (χ1v) is 6.31. The Morgan fingerprint density at radius 2 is 2.38 bits per heavy atom. The third kappa shape index (κ3) is 2.71. The number of hydrogen-bond donors (Lipinski definition) is 0. The van der Waals surface area contributed by atoms with Crippen molar-refractivity contribution in [3.8, 4) is 0 Å². The van der Waals surface area contributed by atoms with E-state index >= 15 is 0 Å². The topological polar surface area (TPSA) is 38.2 Å². The van der Waals surface area contributed by atoms with Gasteiger partial charge in [-0.3, -0.25) is 0 Å². The highest BCUT2D eigenvalue weighted by Crippen LogP contribution is 2.18. The number of morpholine rings is 1. The number of ether oxygens (including phenoxy) is 1. The summed E-state index contributed by atoms with van der Waals surface area (Å²) in [6.07, 6.45) is 2.04. The SMILES string of the molecule is CC(C)C1CN(c2nccc(Br)n2)CCO1. The fraction of sp³-hybridized carbons (Fsp3) is 0.636. The minimum Gasteiger partial charge on any atom is -0.374 e. The molecule has 0 N–H and O–H groups in total.